The first-order chi connectivity index (χ1) is 9.81. The SMILES string of the molecule is SCC1(COc2ccc3ccccc3c2)CCOCC1. The molecule has 1 heterocycles. The minimum Gasteiger partial charge on any atom is -0.493 e. The lowest BCUT2D eigenvalue weighted by Crippen LogP contribution is -2.36. The van der Waals surface area contributed by atoms with E-state index in [0.29, 0.717) is 0 Å². The Morgan fingerprint density at radius 3 is 2.55 bits per heavy atom. The summed E-state index contributed by atoms with van der Waals surface area (Å²) in [6, 6.07) is 14.6. The minimum absolute atomic E-state index is 0.160. The van der Waals surface area contributed by atoms with Gasteiger partial charge < -0.3 is 9.47 Å². The summed E-state index contributed by atoms with van der Waals surface area (Å²) in [7, 11) is 0. The van der Waals surface area contributed by atoms with Crippen LogP contribution in [0.15, 0.2) is 42.5 Å². The van der Waals surface area contributed by atoms with Gasteiger partial charge in [0.15, 0.2) is 0 Å². The average Bonchev–Trinajstić information content (AvgIpc) is 2.54. The van der Waals surface area contributed by atoms with Crippen molar-refractivity contribution in [3.63, 3.8) is 0 Å². The summed E-state index contributed by atoms with van der Waals surface area (Å²) in [5, 5.41) is 2.46. The minimum atomic E-state index is 0.160. The average molecular weight is 288 g/mol. The summed E-state index contributed by atoms with van der Waals surface area (Å²) in [5.74, 6) is 1.79. The second-order valence-electron chi connectivity index (χ2n) is 5.57. The molecule has 0 amide bonds. The van der Waals surface area contributed by atoms with E-state index < -0.39 is 0 Å². The summed E-state index contributed by atoms with van der Waals surface area (Å²) in [5.41, 5.74) is 0.160. The van der Waals surface area contributed by atoms with Gasteiger partial charge >= 0.3 is 0 Å². The van der Waals surface area contributed by atoms with Gasteiger partial charge in [0.05, 0.1) is 6.61 Å². The molecule has 3 heteroatoms. The van der Waals surface area contributed by atoms with E-state index in [1.165, 1.54) is 10.8 Å². The van der Waals surface area contributed by atoms with Crippen molar-refractivity contribution >= 4 is 23.4 Å². The predicted octanol–water partition coefficient (Wildman–Crippen LogP) is 3.95. The fraction of sp³-hybridized carbons (Fsp3) is 0.412. The van der Waals surface area contributed by atoms with Gasteiger partial charge in [0.25, 0.3) is 0 Å². The lowest BCUT2D eigenvalue weighted by Gasteiger charge is -2.35. The molecule has 0 atom stereocenters. The highest BCUT2D eigenvalue weighted by Crippen LogP contribution is 2.33. The van der Waals surface area contributed by atoms with Gasteiger partial charge in [0.1, 0.15) is 5.75 Å². The third-order valence-electron chi connectivity index (χ3n) is 4.15. The van der Waals surface area contributed by atoms with Crippen molar-refractivity contribution in [1.82, 2.24) is 0 Å². The quantitative estimate of drug-likeness (QED) is 0.859. The zero-order valence-corrected chi connectivity index (χ0v) is 12.4. The van der Waals surface area contributed by atoms with Gasteiger partial charge in [-0.3, -0.25) is 0 Å². The molecule has 0 aromatic heterocycles. The van der Waals surface area contributed by atoms with E-state index in [0.717, 1.165) is 44.2 Å². The molecule has 2 aromatic rings. The summed E-state index contributed by atoms with van der Waals surface area (Å²) < 4.78 is 11.5. The normalized spacial score (nSPS) is 18.1. The predicted molar refractivity (Wildman–Crippen MR) is 85.8 cm³/mol. The van der Waals surface area contributed by atoms with E-state index in [9.17, 15) is 0 Å². The molecular weight excluding hydrogens is 268 g/mol. The van der Waals surface area contributed by atoms with E-state index in [-0.39, 0.29) is 5.41 Å². The number of thiol groups is 1. The topological polar surface area (TPSA) is 18.5 Å². The summed E-state index contributed by atoms with van der Waals surface area (Å²) >= 11 is 4.52. The fourth-order valence-corrected chi connectivity index (χ4v) is 3.05. The molecule has 106 valence electrons. The Balaban J connectivity index is 1.72. The van der Waals surface area contributed by atoms with Crippen molar-refractivity contribution in [3.8, 4) is 5.75 Å². The Hall–Kier alpha value is -1.19. The van der Waals surface area contributed by atoms with Gasteiger partial charge in [0.2, 0.25) is 0 Å². The lowest BCUT2D eigenvalue weighted by atomic mass is 9.83. The van der Waals surface area contributed by atoms with E-state index in [1.807, 2.05) is 6.07 Å². The Bertz CT molecular complexity index is 576. The maximum Gasteiger partial charge on any atom is 0.119 e. The van der Waals surface area contributed by atoms with Crippen molar-refractivity contribution in [2.45, 2.75) is 12.8 Å². The molecule has 0 N–H and O–H groups in total. The van der Waals surface area contributed by atoms with Crippen LogP contribution in [0.1, 0.15) is 12.8 Å². The van der Waals surface area contributed by atoms with Crippen molar-refractivity contribution in [1.29, 1.82) is 0 Å². The van der Waals surface area contributed by atoms with Gasteiger partial charge in [-0.1, -0.05) is 30.3 Å². The highest BCUT2D eigenvalue weighted by molar-refractivity contribution is 7.80. The number of hydrogen-bond acceptors (Lipinski definition) is 3. The molecule has 0 radical (unpaired) electrons. The first-order valence-electron chi connectivity index (χ1n) is 7.12. The standard InChI is InChI=1S/C17H20O2S/c20-13-17(7-9-18-10-8-17)12-19-16-6-5-14-3-1-2-4-15(14)11-16/h1-6,11,20H,7-10,12-13H2. The fourth-order valence-electron chi connectivity index (χ4n) is 2.65. The molecule has 2 nitrogen and oxygen atoms in total. The zero-order valence-electron chi connectivity index (χ0n) is 11.5. The number of benzene rings is 2. The van der Waals surface area contributed by atoms with Crippen LogP contribution in [0.2, 0.25) is 0 Å². The Morgan fingerprint density at radius 2 is 1.80 bits per heavy atom. The molecule has 0 aliphatic carbocycles. The monoisotopic (exact) mass is 288 g/mol. The third kappa shape index (κ3) is 2.94. The Labute approximate surface area is 125 Å². The largest absolute Gasteiger partial charge is 0.493 e. The van der Waals surface area contributed by atoms with Crippen LogP contribution < -0.4 is 4.74 Å². The van der Waals surface area contributed by atoms with E-state index >= 15 is 0 Å². The number of fused-ring (bicyclic) bond motifs is 1. The van der Waals surface area contributed by atoms with Crippen molar-refractivity contribution in [2.24, 2.45) is 5.41 Å². The van der Waals surface area contributed by atoms with Crippen molar-refractivity contribution in [3.05, 3.63) is 42.5 Å². The van der Waals surface area contributed by atoms with Crippen LogP contribution in [0.25, 0.3) is 10.8 Å². The zero-order chi connectivity index (χ0) is 13.8. The maximum atomic E-state index is 6.04. The maximum absolute atomic E-state index is 6.04. The highest BCUT2D eigenvalue weighted by Gasteiger charge is 2.32. The van der Waals surface area contributed by atoms with Crippen LogP contribution in [0.4, 0.5) is 0 Å². The molecule has 1 aliphatic heterocycles. The summed E-state index contributed by atoms with van der Waals surface area (Å²) in [6.07, 6.45) is 2.06. The van der Waals surface area contributed by atoms with Gasteiger partial charge in [-0.25, -0.2) is 0 Å². The summed E-state index contributed by atoms with van der Waals surface area (Å²) in [4.78, 5) is 0. The second-order valence-corrected chi connectivity index (χ2v) is 5.88. The third-order valence-corrected chi connectivity index (χ3v) is 4.83. The van der Waals surface area contributed by atoms with Crippen LogP contribution in [-0.2, 0) is 4.74 Å². The van der Waals surface area contributed by atoms with E-state index in [1.54, 1.807) is 0 Å². The van der Waals surface area contributed by atoms with Crippen LogP contribution in [-0.4, -0.2) is 25.6 Å². The highest BCUT2D eigenvalue weighted by atomic mass is 32.1. The molecule has 1 aliphatic rings. The number of hydrogen-bond donors (Lipinski definition) is 1. The lowest BCUT2D eigenvalue weighted by molar-refractivity contribution is 0.00313. The van der Waals surface area contributed by atoms with Gasteiger partial charge in [-0.2, -0.15) is 12.6 Å². The van der Waals surface area contributed by atoms with Gasteiger partial charge in [0, 0.05) is 18.6 Å². The molecule has 0 saturated carbocycles. The first-order valence-corrected chi connectivity index (χ1v) is 7.75. The molecule has 1 saturated heterocycles. The molecule has 20 heavy (non-hydrogen) atoms. The van der Waals surface area contributed by atoms with Gasteiger partial charge in [-0.15, -0.1) is 0 Å². The smallest absolute Gasteiger partial charge is 0.119 e. The van der Waals surface area contributed by atoms with E-state index in [4.69, 9.17) is 9.47 Å². The molecule has 1 fully saturated rings. The first kappa shape index (κ1) is 13.8. The van der Waals surface area contributed by atoms with Crippen molar-refractivity contribution < 1.29 is 9.47 Å². The van der Waals surface area contributed by atoms with Crippen LogP contribution in [0.3, 0.4) is 0 Å². The second kappa shape index (κ2) is 6.06. The number of ether oxygens (including phenoxy) is 2. The van der Waals surface area contributed by atoms with Gasteiger partial charge in [-0.05, 0) is 41.5 Å². The number of rotatable bonds is 4. The van der Waals surface area contributed by atoms with Crippen LogP contribution >= 0.6 is 12.6 Å². The van der Waals surface area contributed by atoms with E-state index in [2.05, 4.69) is 49.0 Å². The molecular formula is C17H20O2S. The molecule has 0 spiro atoms. The Morgan fingerprint density at radius 1 is 1.05 bits per heavy atom. The molecule has 0 bridgehead atoms. The molecule has 0 unspecified atom stereocenters. The molecule has 3 rings (SSSR count). The van der Waals surface area contributed by atoms with Crippen molar-refractivity contribution in [2.75, 3.05) is 25.6 Å². The molecule has 2 aromatic carbocycles. The Kier molecular flexibility index (Phi) is 4.18. The van der Waals surface area contributed by atoms with Crippen LogP contribution in [0.5, 0.6) is 5.75 Å². The summed E-state index contributed by atoms with van der Waals surface area (Å²) in [6.45, 7) is 2.36. The van der Waals surface area contributed by atoms with Crippen LogP contribution in [0, 0.1) is 5.41 Å².